The minimum absolute atomic E-state index is 0.679. The smallest absolute Gasteiger partial charge is 0.00479 e. The maximum atomic E-state index is 2.79. The van der Waals surface area contributed by atoms with Gasteiger partial charge in [0.15, 0.2) is 0 Å². The summed E-state index contributed by atoms with van der Waals surface area (Å²) in [6, 6.07) is 0. The minimum Gasteiger partial charge on any atom is -0.130 e. The van der Waals surface area contributed by atoms with Gasteiger partial charge in [0, 0.05) is 0 Å². The van der Waals surface area contributed by atoms with Crippen LogP contribution in [0.25, 0.3) is 0 Å². The Kier molecular flexibility index (Phi) is 1.85. The zero-order chi connectivity index (χ0) is 5.98. The molecule has 0 aromatic heterocycles. The molecule has 0 saturated carbocycles. The molecule has 44 valence electrons. The van der Waals surface area contributed by atoms with E-state index in [-0.39, 0.29) is 0 Å². The predicted octanol–water partition coefficient (Wildman–Crippen LogP) is 2.14. The molecule has 0 bridgehead atoms. The molecule has 0 radical (unpaired) electrons. The molecule has 1 rings (SSSR count). The molecular weight excluding hydrogens is 115 g/mol. The average molecular weight is 126 g/mol. The summed E-state index contributed by atoms with van der Waals surface area (Å²) < 4.78 is 0. The Hall–Kier alpha value is -0.0900. The van der Waals surface area contributed by atoms with Gasteiger partial charge in [-0.1, -0.05) is 23.8 Å². The number of rotatable bonds is 0. The van der Waals surface area contributed by atoms with Crippen LogP contribution >= 0.6 is 9.24 Å². The van der Waals surface area contributed by atoms with E-state index in [0.717, 1.165) is 0 Å². The van der Waals surface area contributed by atoms with Gasteiger partial charge in [-0.15, -0.1) is 9.24 Å². The standard InChI is InChI=1S/C7H11P/c1-6-2-4-7(8)5-3-6/h2-4,7H,5,8H2,1H3. The monoisotopic (exact) mass is 126 g/mol. The van der Waals surface area contributed by atoms with Crippen molar-refractivity contribution in [3.8, 4) is 0 Å². The number of allylic oxidation sites excluding steroid dienone is 4. The van der Waals surface area contributed by atoms with Crippen LogP contribution in [0.3, 0.4) is 0 Å². The van der Waals surface area contributed by atoms with E-state index in [4.69, 9.17) is 0 Å². The molecule has 0 amide bonds. The van der Waals surface area contributed by atoms with Crippen molar-refractivity contribution in [2.75, 3.05) is 0 Å². The molecular formula is C7H11P. The zero-order valence-electron chi connectivity index (χ0n) is 5.09. The van der Waals surface area contributed by atoms with Gasteiger partial charge in [-0.3, -0.25) is 0 Å². The summed E-state index contributed by atoms with van der Waals surface area (Å²) in [4.78, 5) is 0. The third-order valence-corrected chi connectivity index (χ3v) is 1.81. The lowest BCUT2D eigenvalue weighted by atomic mass is 10.1. The Labute approximate surface area is 52.9 Å². The Balaban J connectivity index is 2.58. The van der Waals surface area contributed by atoms with E-state index in [1.54, 1.807) is 0 Å². The molecule has 8 heavy (non-hydrogen) atoms. The molecule has 0 nitrogen and oxygen atoms in total. The molecule has 0 spiro atoms. The lowest BCUT2D eigenvalue weighted by molar-refractivity contribution is 1.04. The summed E-state index contributed by atoms with van der Waals surface area (Å²) in [7, 11) is 2.79. The maximum Gasteiger partial charge on any atom is -0.00479 e. The highest BCUT2D eigenvalue weighted by atomic mass is 31.0. The highest BCUT2D eigenvalue weighted by Gasteiger charge is 1.97. The van der Waals surface area contributed by atoms with Gasteiger partial charge in [-0.05, 0) is 19.0 Å². The van der Waals surface area contributed by atoms with Gasteiger partial charge < -0.3 is 0 Å². The summed E-state index contributed by atoms with van der Waals surface area (Å²) in [6.45, 7) is 2.13. The molecule has 0 N–H and O–H groups in total. The number of hydrogen-bond acceptors (Lipinski definition) is 0. The van der Waals surface area contributed by atoms with Crippen LogP contribution in [0.4, 0.5) is 0 Å². The molecule has 2 atom stereocenters. The van der Waals surface area contributed by atoms with Crippen molar-refractivity contribution in [2.24, 2.45) is 0 Å². The lowest BCUT2D eigenvalue weighted by Crippen LogP contribution is -1.93. The normalized spacial score (nSPS) is 27.8. The van der Waals surface area contributed by atoms with Gasteiger partial charge >= 0.3 is 0 Å². The van der Waals surface area contributed by atoms with Crippen molar-refractivity contribution in [3.63, 3.8) is 0 Å². The topological polar surface area (TPSA) is 0 Å². The second-order valence-corrected chi connectivity index (χ2v) is 3.06. The third kappa shape index (κ3) is 1.45. The first-order chi connectivity index (χ1) is 3.79. The number of hydrogen-bond donors (Lipinski definition) is 0. The molecule has 1 aliphatic rings. The van der Waals surface area contributed by atoms with Gasteiger partial charge in [0.05, 0.1) is 0 Å². The Morgan fingerprint density at radius 1 is 1.75 bits per heavy atom. The Bertz CT molecular complexity index is 133. The molecule has 1 heteroatoms. The van der Waals surface area contributed by atoms with Crippen LogP contribution in [0.5, 0.6) is 0 Å². The molecule has 0 aliphatic heterocycles. The van der Waals surface area contributed by atoms with Crippen molar-refractivity contribution in [1.82, 2.24) is 0 Å². The first-order valence-corrected chi connectivity index (χ1v) is 3.56. The van der Waals surface area contributed by atoms with Crippen LogP contribution in [0.15, 0.2) is 23.8 Å². The molecule has 0 heterocycles. The van der Waals surface area contributed by atoms with E-state index in [2.05, 4.69) is 34.4 Å². The predicted molar refractivity (Wildman–Crippen MR) is 41.0 cm³/mol. The van der Waals surface area contributed by atoms with Gasteiger partial charge in [0.25, 0.3) is 0 Å². The molecule has 1 aliphatic carbocycles. The van der Waals surface area contributed by atoms with Crippen molar-refractivity contribution in [2.45, 2.75) is 19.0 Å². The van der Waals surface area contributed by atoms with Gasteiger partial charge in [0.1, 0.15) is 0 Å². The highest BCUT2D eigenvalue weighted by molar-refractivity contribution is 7.17. The van der Waals surface area contributed by atoms with E-state index in [1.807, 2.05) is 0 Å². The zero-order valence-corrected chi connectivity index (χ0v) is 6.25. The summed E-state index contributed by atoms with van der Waals surface area (Å²) in [5.41, 5.74) is 2.07. The first-order valence-electron chi connectivity index (χ1n) is 2.89. The molecule has 0 aromatic rings. The fourth-order valence-electron chi connectivity index (χ4n) is 0.744. The van der Waals surface area contributed by atoms with E-state index in [1.165, 1.54) is 12.0 Å². The van der Waals surface area contributed by atoms with E-state index in [0.29, 0.717) is 5.66 Å². The first kappa shape index (κ1) is 6.04. The summed E-state index contributed by atoms with van der Waals surface area (Å²) in [5.74, 6) is 0. The van der Waals surface area contributed by atoms with E-state index >= 15 is 0 Å². The summed E-state index contributed by atoms with van der Waals surface area (Å²) >= 11 is 0. The lowest BCUT2D eigenvalue weighted by Gasteiger charge is -2.06. The summed E-state index contributed by atoms with van der Waals surface area (Å²) in [5, 5.41) is 0. The van der Waals surface area contributed by atoms with Gasteiger partial charge in [-0.2, -0.15) is 0 Å². The Morgan fingerprint density at radius 2 is 2.50 bits per heavy atom. The SMILES string of the molecule is CC1=CCC(P)C=C1. The summed E-state index contributed by atoms with van der Waals surface area (Å²) in [6.07, 6.45) is 7.84. The Morgan fingerprint density at radius 3 is 2.88 bits per heavy atom. The largest absolute Gasteiger partial charge is 0.130 e. The van der Waals surface area contributed by atoms with Crippen LogP contribution in [0.1, 0.15) is 13.3 Å². The van der Waals surface area contributed by atoms with Crippen molar-refractivity contribution in [3.05, 3.63) is 23.8 Å². The van der Waals surface area contributed by atoms with Gasteiger partial charge in [-0.25, -0.2) is 0 Å². The van der Waals surface area contributed by atoms with E-state index < -0.39 is 0 Å². The fraction of sp³-hybridized carbons (Fsp3) is 0.429. The molecule has 0 aromatic carbocycles. The van der Waals surface area contributed by atoms with Crippen LogP contribution < -0.4 is 0 Å². The van der Waals surface area contributed by atoms with Crippen LogP contribution in [-0.2, 0) is 0 Å². The van der Waals surface area contributed by atoms with Crippen molar-refractivity contribution >= 4 is 9.24 Å². The molecule has 0 fully saturated rings. The fourth-order valence-corrected chi connectivity index (χ4v) is 0.991. The highest BCUT2D eigenvalue weighted by Crippen LogP contribution is 2.15. The quantitative estimate of drug-likeness (QED) is 0.436. The van der Waals surface area contributed by atoms with Gasteiger partial charge in [0.2, 0.25) is 0 Å². The van der Waals surface area contributed by atoms with Crippen LogP contribution in [-0.4, -0.2) is 5.66 Å². The maximum absolute atomic E-state index is 2.79. The van der Waals surface area contributed by atoms with E-state index in [9.17, 15) is 0 Å². The second-order valence-electron chi connectivity index (χ2n) is 2.21. The average Bonchev–Trinajstić information content (AvgIpc) is 1.77. The van der Waals surface area contributed by atoms with Crippen molar-refractivity contribution < 1.29 is 0 Å². The van der Waals surface area contributed by atoms with Crippen LogP contribution in [0.2, 0.25) is 0 Å². The minimum atomic E-state index is 0.679. The second kappa shape index (κ2) is 2.46. The van der Waals surface area contributed by atoms with Crippen LogP contribution in [0, 0.1) is 0 Å². The third-order valence-electron chi connectivity index (χ3n) is 1.32. The van der Waals surface area contributed by atoms with Crippen molar-refractivity contribution in [1.29, 1.82) is 0 Å². The molecule has 2 unspecified atom stereocenters. The molecule has 0 saturated heterocycles.